The fraction of sp³-hybridized carbons (Fsp3) is 0.200. The van der Waals surface area contributed by atoms with Gasteiger partial charge in [-0.2, -0.15) is 5.10 Å². The molecule has 31 heavy (non-hydrogen) atoms. The van der Waals surface area contributed by atoms with Crippen LogP contribution in [0.4, 0.5) is 0 Å². The van der Waals surface area contributed by atoms with Crippen molar-refractivity contribution in [2.24, 2.45) is 5.10 Å². The Hall–Kier alpha value is -3.80. The van der Waals surface area contributed by atoms with E-state index in [1.54, 1.807) is 13.2 Å². The smallest absolute Gasteiger partial charge is 0.277 e. The second-order valence-electron chi connectivity index (χ2n) is 7.05. The molecule has 0 aliphatic rings. The standard InChI is InChI=1S/C25H26N2O4/c1-18(2)31-23-14-9-19(15-24(23)29-3)16-26-27-25(28)17-30-22-12-10-21(11-13-22)20-7-5-4-6-8-20/h4-16,18H,17H2,1-3H3,(H,27,28)/b26-16+. The zero-order valence-corrected chi connectivity index (χ0v) is 17.9. The highest BCUT2D eigenvalue weighted by molar-refractivity contribution is 5.83. The minimum absolute atomic E-state index is 0.0437. The summed E-state index contributed by atoms with van der Waals surface area (Å²) in [6.45, 7) is 3.76. The van der Waals surface area contributed by atoms with Gasteiger partial charge in [-0.1, -0.05) is 42.5 Å². The van der Waals surface area contributed by atoms with Gasteiger partial charge in [0.1, 0.15) is 5.75 Å². The monoisotopic (exact) mass is 418 g/mol. The molecule has 0 aliphatic carbocycles. The van der Waals surface area contributed by atoms with Crippen LogP contribution < -0.4 is 19.6 Å². The van der Waals surface area contributed by atoms with Crippen LogP contribution in [-0.4, -0.2) is 31.9 Å². The summed E-state index contributed by atoms with van der Waals surface area (Å²) in [5, 5.41) is 3.97. The van der Waals surface area contributed by atoms with Gasteiger partial charge in [-0.3, -0.25) is 4.79 Å². The molecule has 0 spiro atoms. The van der Waals surface area contributed by atoms with E-state index in [2.05, 4.69) is 10.5 Å². The molecular formula is C25H26N2O4. The van der Waals surface area contributed by atoms with Crippen LogP contribution in [0.1, 0.15) is 19.4 Å². The molecule has 6 nitrogen and oxygen atoms in total. The molecule has 0 aliphatic heterocycles. The van der Waals surface area contributed by atoms with Gasteiger partial charge in [-0.25, -0.2) is 5.43 Å². The number of hydrogen-bond acceptors (Lipinski definition) is 5. The summed E-state index contributed by atoms with van der Waals surface area (Å²) in [7, 11) is 1.58. The summed E-state index contributed by atoms with van der Waals surface area (Å²) in [5.41, 5.74) is 5.44. The predicted molar refractivity (Wildman–Crippen MR) is 122 cm³/mol. The van der Waals surface area contributed by atoms with E-state index in [1.807, 2.05) is 80.6 Å². The third kappa shape index (κ3) is 6.60. The van der Waals surface area contributed by atoms with Crippen molar-refractivity contribution in [2.75, 3.05) is 13.7 Å². The van der Waals surface area contributed by atoms with Crippen LogP contribution >= 0.6 is 0 Å². The van der Waals surface area contributed by atoms with Gasteiger partial charge in [0.05, 0.1) is 19.4 Å². The lowest BCUT2D eigenvalue weighted by Gasteiger charge is -2.13. The summed E-state index contributed by atoms with van der Waals surface area (Å²) >= 11 is 0. The Morgan fingerprint density at radius 3 is 2.35 bits per heavy atom. The lowest BCUT2D eigenvalue weighted by molar-refractivity contribution is -0.123. The number of carbonyl (C=O) groups excluding carboxylic acids is 1. The highest BCUT2D eigenvalue weighted by Gasteiger charge is 2.07. The van der Waals surface area contributed by atoms with Crippen molar-refractivity contribution in [3.05, 3.63) is 78.4 Å². The van der Waals surface area contributed by atoms with Crippen LogP contribution in [-0.2, 0) is 4.79 Å². The second kappa shape index (κ2) is 10.8. The minimum atomic E-state index is -0.352. The Balaban J connectivity index is 1.49. The van der Waals surface area contributed by atoms with Crippen molar-refractivity contribution in [1.82, 2.24) is 5.43 Å². The zero-order chi connectivity index (χ0) is 22.1. The summed E-state index contributed by atoms with van der Waals surface area (Å²) in [5.74, 6) is 1.52. The number of hydrogen-bond donors (Lipinski definition) is 1. The van der Waals surface area contributed by atoms with Crippen molar-refractivity contribution in [1.29, 1.82) is 0 Å². The zero-order valence-electron chi connectivity index (χ0n) is 17.9. The van der Waals surface area contributed by atoms with Gasteiger partial charge in [0, 0.05) is 0 Å². The van der Waals surface area contributed by atoms with Crippen molar-refractivity contribution >= 4 is 12.1 Å². The molecule has 1 N–H and O–H groups in total. The van der Waals surface area contributed by atoms with E-state index in [1.165, 1.54) is 6.21 Å². The molecule has 0 unspecified atom stereocenters. The predicted octanol–water partition coefficient (Wildman–Crippen LogP) is 4.68. The van der Waals surface area contributed by atoms with Gasteiger partial charge in [-0.05, 0) is 60.9 Å². The number of methoxy groups -OCH3 is 1. The Labute approximate surface area is 182 Å². The van der Waals surface area contributed by atoms with E-state index in [0.717, 1.165) is 16.7 Å². The number of carbonyl (C=O) groups is 1. The van der Waals surface area contributed by atoms with Crippen molar-refractivity contribution in [3.8, 4) is 28.4 Å². The van der Waals surface area contributed by atoms with E-state index < -0.39 is 0 Å². The van der Waals surface area contributed by atoms with Gasteiger partial charge in [0.25, 0.3) is 5.91 Å². The Morgan fingerprint density at radius 1 is 0.968 bits per heavy atom. The van der Waals surface area contributed by atoms with Gasteiger partial charge in [0.15, 0.2) is 18.1 Å². The quantitative estimate of drug-likeness (QED) is 0.405. The van der Waals surface area contributed by atoms with Crippen LogP contribution in [0.5, 0.6) is 17.2 Å². The Kier molecular flexibility index (Phi) is 7.65. The van der Waals surface area contributed by atoms with Gasteiger partial charge < -0.3 is 14.2 Å². The number of nitrogens with one attached hydrogen (secondary N) is 1. The fourth-order valence-corrected chi connectivity index (χ4v) is 2.85. The summed E-state index contributed by atoms with van der Waals surface area (Å²) < 4.78 is 16.6. The molecule has 3 aromatic carbocycles. The lowest BCUT2D eigenvalue weighted by Crippen LogP contribution is -2.24. The van der Waals surface area contributed by atoms with Crippen molar-refractivity contribution < 1.29 is 19.0 Å². The summed E-state index contributed by atoms with van der Waals surface area (Å²) in [6, 6.07) is 23.1. The number of amides is 1. The first-order valence-electron chi connectivity index (χ1n) is 10.00. The van der Waals surface area contributed by atoms with Crippen LogP contribution in [0.3, 0.4) is 0 Å². The average Bonchev–Trinajstić information content (AvgIpc) is 2.79. The molecule has 6 heteroatoms. The molecule has 0 atom stereocenters. The highest BCUT2D eigenvalue weighted by atomic mass is 16.5. The van der Waals surface area contributed by atoms with Crippen LogP contribution in [0.25, 0.3) is 11.1 Å². The largest absolute Gasteiger partial charge is 0.493 e. The number of ether oxygens (including phenoxy) is 3. The van der Waals surface area contributed by atoms with Crippen LogP contribution in [0.2, 0.25) is 0 Å². The second-order valence-corrected chi connectivity index (χ2v) is 7.05. The SMILES string of the molecule is COc1cc(/C=N/NC(=O)COc2ccc(-c3ccccc3)cc2)ccc1OC(C)C. The molecule has 1 amide bonds. The number of benzene rings is 3. The maximum atomic E-state index is 12.0. The highest BCUT2D eigenvalue weighted by Crippen LogP contribution is 2.28. The third-order valence-electron chi connectivity index (χ3n) is 4.28. The average molecular weight is 418 g/mol. The van der Waals surface area contributed by atoms with E-state index >= 15 is 0 Å². The van der Waals surface area contributed by atoms with E-state index in [4.69, 9.17) is 14.2 Å². The van der Waals surface area contributed by atoms with E-state index in [9.17, 15) is 4.79 Å². The number of nitrogens with zero attached hydrogens (tertiary/aromatic N) is 1. The van der Waals surface area contributed by atoms with Gasteiger partial charge >= 0.3 is 0 Å². The molecule has 0 saturated heterocycles. The Bertz CT molecular complexity index is 1020. The van der Waals surface area contributed by atoms with Crippen molar-refractivity contribution in [3.63, 3.8) is 0 Å². The maximum absolute atomic E-state index is 12.0. The Morgan fingerprint density at radius 2 is 1.68 bits per heavy atom. The van der Waals surface area contributed by atoms with Crippen LogP contribution in [0.15, 0.2) is 77.9 Å². The number of rotatable bonds is 9. The topological polar surface area (TPSA) is 69.2 Å². The van der Waals surface area contributed by atoms with Crippen LogP contribution in [0, 0.1) is 0 Å². The molecule has 0 bridgehead atoms. The first-order valence-corrected chi connectivity index (χ1v) is 10.00. The molecule has 3 aromatic rings. The van der Waals surface area contributed by atoms with Gasteiger partial charge in [0.2, 0.25) is 0 Å². The third-order valence-corrected chi connectivity index (χ3v) is 4.28. The normalized spacial score (nSPS) is 10.8. The fourth-order valence-electron chi connectivity index (χ4n) is 2.85. The van der Waals surface area contributed by atoms with E-state index in [-0.39, 0.29) is 18.6 Å². The molecule has 0 radical (unpaired) electrons. The molecule has 0 saturated carbocycles. The maximum Gasteiger partial charge on any atom is 0.277 e. The first kappa shape index (κ1) is 21.9. The molecule has 0 fully saturated rings. The summed E-state index contributed by atoms with van der Waals surface area (Å²) in [6.07, 6.45) is 1.58. The summed E-state index contributed by atoms with van der Waals surface area (Å²) in [4.78, 5) is 12.0. The lowest BCUT2D eigenvalue weighted by atomic mass is 10.1. The first-order chi connectivity index (χ1) is 15.0. The number of hydrazone groups is 1. The molecule has 0 aromatic heterocycles. The molecule has 160 valence electrons. The van der Waals surface area contributed by atoms with E-state index in [0.29, 0.717) is 17.2 Å². The minimum Gasteiger partial charge on any atom is -0.493 e. The van der Waals surface area contributed by atoms with Crippen molar-refractivity contribution in [2.45, 2.75) is 20.0 Å². The van der Waals surface area contributed by atoms with Gasteiger partial charge in [-0.15, -0.1) is 0 Å². The molecular weight excluding hydrogens is 392 g/mol. The molecule has 3 rings (SSSR count). The molecule has 0 heterocycles.